The predicted molar refractivity (Wildman–Crippen MR) is 75.4 cm³/mol. The fourth-order valence-electron chi connectivity index (χ4n) is 1.75. The summed E-state index contributed by atoms with van der Waals surface area (Å²) in [4.78, 5) is 11.6. The van der Waals surface area contributed by atoms with Crippen LogP contribution in [-0.4, -0.2) is 49.8 Å². The second kappa shape index (κ2) is 9.07. The number of carbonyl (C=O) groups is 1. The third kappa shape index (κ3) is 6.35. The molecule has 10 heteroatoms. The highest BCUT2D eigenvalue weighted by molar-refractivity contribution is 6.40. The van der Waals surface area contributed by atoms with Crippen LogP contribution in [-0.2, 0) is 11.3 Å². The first-order chi connectivity index (χ1) is 10.0. The molecule has 0 saturated carbocycles. The van der Waals surface area contributed by atoms with Gasteiger partial charge >= 0.3 is 7.12 Å². The van der Waals surface area contributed by atoms with Gasteiger partial charge in [0.2, 0.25) is 5.91 Å². The van der Waals surface area contributed by atoms with Crippen molar-refractivity contribution < 1.29 is 14.8 Å². The number of tetrazole rings is 1. The molecular formula is C11H19BN6O3. The maximum atomic E-state index is 11.6. The van der Waals surface area contributed by atoms with E-state index in [0.29, 0.717) is 31.4 Å². The van der Waals surface area contributed by atoms with E-state index in [4.69, 9.17) is 22.2 Å². The molecule has 9 nitrogen and oxygen atoms in total. The van der Waals surface area contributed by atoms with Crippen LogP contribution in [0.4, 0.5) is 0 Å². The van der Waals surface area contributed by atoms with Crippen LogP contribution in [0, 0.1) is 12.3 Å². The molecule has 0 saturated heterocycles. The molecule has 1 atom stereocenters. The largest absolute Gasteiger partial charge is 0.451 e. The molecule has 1 aromatic heterocycles. The molecule has 0 aromatic carbocycles. The van der Waals surface area contributed by atoms with Crippen LogP contribution in [0.25, 0.3) is 0 Å². The quantitative estimate of drug-likeness (QED) is 0.236. The third-order valence-corrected chi connectivity index (χ3v) is 2.80. The molecule has 5 N–H and O–H groups in total. The number of hydrogen-bond donors (Lipinski definition) is 4. The Morgan fingerprint density at radius 1 is 1.52 bits per heavy atom. The van der Waals surface area contributed by atoms with Crippen molar-refractivity contribution in [3.8, 4) is 12.3 Å². The summed E-state index contributed by atoms with van der Waals surface area (Å²) in [6.45, 7) is 0.0961. The van der Waals surface area contributed by atoms with Gasteiger partial charge in [0, 0.05) is 0 Å². The molecule has 0 unspecified atom stereocenters. The highest BCUT2D eigenvalue weighted by Gasteiger charge is 2.17. The van der Waals surface area contributed by atoms with Crippen LogP contribution in [0.5, 0.6) is 0 Å². The lowest BCUT2D eigenvalue weighted by Gasteiger charge is -2.11. The average Bonchev–Trinajstić information content (AvgIpc) is 2.89. The Balaban J connectivity index is 2.46. The summed E-state index contributed by atoms with van der Waals surface area (Å²) >= 11 is 0. The molecule has 114 valence electrons. The van der Waals surface area contributed by atoms with E-state index in [2.05, 4.69) is 26.8 Å². The minimum absolute atomic E-state index is 0.0485. The number of rotatable bonds is 9. The average molecular weight is 294 g/mol. The van der Waals surface area contributed by atoms with Crippen LogP contribution in [0.1, 0.15) is 31.1 Å². The van der Waals surface area contributed by atoms with Crippen molar-refractivity contribution in [2.75, 3.05) is 6.54 Å². The molecule has 0 aliphatic rings. The maximum Gasteiger partial charge on any atom is 0.451 e. The first kappa shape index (κ1) is 17.1. The molecule has 1 heterocycles. The number of amides is 1. The van der Waals surface area contributed by atoms with Gasteiger partial charge in [-0.25, -0.2) is 4.68 Å². The van der Waals surface area contributed by atoms with Crippen LogP contribution >= 0.6 is 0 Å². The molecule has 1 aromatic rings. The first-order valence-corrected chi connectivity index (χ1v) is 6.62. The van der Waals surface area contributed by atoms with E-state index in [-0.39, 0.29) is 19.0 Å². The summed E-state index contributed by atoms with van der Waals surface area (Å²) in [5, 5.41) is 31.1. The number of aromatic nitrogens is 4. The molecule has 21 heavy (non-hydrogen) atoms. The van der Waals surface area contributed by atoms with Crippen molar-refractivity contribution in [3.05, 3.63) is 5.82 Å². The Morgan fingerprint density at radius 3 is 2.95 bits per heavy atom. The lowest BCUT2D eigenvalue weighted by Crippen LogP contribution is -2.30. The van der Waals surface area contributed by atoms with Gasteiger partial charge in [0.05, 0.1) is 12.6 Å². The van der Waals surface area contributed by atoms with Crippen molar-refractivity contribution in [1.82, 2.24) is 25.5 Å². The lowest BCUT2D eigenvalue weighted by atomic mass is 9.83. The summed E-state index contributed by atoms with van der Waals surface area (Å²) in [6, 6.07) is -0.420. The molecule has 0 fully saturated rings. The SMILES string of the molecule is C#CCNC(=O)Cn1nnnc1[C@@H](N)CCCCB(O)O. The van der Waals surface area contributed by atoms with E-state index in [0.717, 1.165) is 0 Å². The summed E-state index contributed by atoms with van der Waals surface area (Å²) in [6.07, 6.45) is 7.27. The summed E-state index contributed by atoms with van der Waals surface area (Å²) in [7, 11) is -1.30. The van der Waals surface area contributed by atoms with Crippen molar-refractivity contribution in [2.45, 2.75) is 38.2 Å². The minimum Gasteiger partial charge on any atom is -0.427 e. The highest BCUT2D eigenvalue weighted by atomic mass is 16.4. The topological polar surface area (TPSA) is 139 Å². The smallest absolute Gasteiger partial charge is 0.427 e. The zero-order chi connectivity index (χ0) is 15.7. The van der Waals surface area contributed by atoms with Gasteiger partial charge in [0.25, 0.3) is 0 Å². The number of nitrogens with two attached hydrogens (primary N) is 1. The van der Waals surface area contributed by atoms with Crippen LogP contribution in [0.15, 0.2) is 0 Å². The monoisotopic (exact) mass is 294 g/mol. The van der Waals surface area contributed by atoms with Gasteiger partial charge in [0.15, 0.2) is 5.82 Å². The third-order valence-electron chi connectivity index (χ3n) is 2.80. The van der Waals surface area contributed by atoms with E-state index in [1.165, 1.54) is 4.68 Å². The first-order valence-electron chi connectivity index (χ1n) is 6.62. The highest BCUT2D eigenvalue weighted by Crippen LogP contribution is 2.14. The van der Waals surface area contributed by atoms with Crippen molar-refractivity contribution in [2.24, 2.45) is 5.73 Å². The predicted octanol–water partition coefficient (Wildman–Crippen LogP) is -1.93. The van der Waals surface area contributed by atoms with Gasteiger partial charge in [0.1, 0.15) is 6.54 Å². The van der Waals surface area contributed by atoms with Gasteiger partial charge in [-0.2, -0.15) is 0 Å². The summed E-state index contributed by atoms with van der Waals surface area (Å²) in [5.41, 5.74) is 5.98. The Hall–Kier alpha value is -1.96. The van der Waals surface area contributed by atoms with Crippen LogP contribution < -0.4 is 11.1 Å². The zero-order valence-corrected chi connectivity index (χ0v) is 11.6. The lowest BCUT2D eigenvalue weighted by molar-refractivity contribution is -0.121. The van der Waals surface area contributed by atoms with Crippen molar-refractivity contribution in [3.63, 3.8) is 0 Å². The number of carbonyl (C=O) groups excluding carboxylic acids is 1. The number of nitrogens with zero attached hydrogens (tertiary/aromatic N) is 4. The van der Waals surface area contributed by atoms with Gasteiger partial charge < -0.3 is 21.1 Å². The summed E-state index contributed by atoms with van der Waals surface area (Å²) in [5.74, 6) is 2.42. The normalized spacial score (nSPS) is 11.7. The number of hydrogen-bond acceptors (Lipinski definition) is 7. The van der Waals surface area contributed by atoms with Crippen LogP contribution in [0.2, 0.25) is 6.32 Å². The fourth-order valence-corrected chi connectivity index (χ4v) is 1.75. The molecule has 0 bridgehead atoms. The van der Waals surface area contributed by atoms with Crippen molar-refractivity contribution >= 4 is 13.0 Å². The molecule has 0 radical (unpaired) electrons. The summed E-state index contributed by atoms with van der Waals surface area (Å²) < 4.78 is 1.33. The van der Waals surface area contributed by atoms with E-state index in [9.17, 15) is 4.79 Å². The number of unbranched alkanes of at least 4 members (excludes halogenated alkanes) is 1. The number of terminal acetylenes is 1. The molecule has 1 rings (SSSR count). The Bertz CT molecular complexity index is 487. The van der Waals surface area contributed by atoms with E-state index in [1.807, 2.05) is 0 Å². The fraction of sp³-hybridized carbons (Fsp3) is 0.636. The van der Waals surface area contributed by atoms with Gasteiger partial charge in [-0.05, 0) is 23.2 Å². The zero-order valence-electron chi connectivity index (χ0n) is 11.6. The molecule has 1 amide bonds. The molecule has 0 spiro atoms. The molecular weight excluding hydrogens is 275 g/mol. The minimum atomic E-state index is -1.30. The van der Waals surface area contributed by atoms with Gasteiger partial charge in [-0.1, -0.05) is 18.8 Å². The second-order valence-corrected chi connectivity index (χ2v) is 4.55. The Labute approximate surface area is 123 Å². The molecule has 0 aliphatic carbocycles. The Morgan fingerprint density at radius 2 is 2.29 bits per heavy atom. The maximum absolute atomic E-state index is 11.6. The second-order valence-electron chi connectivity index (χ2n) is 4.55. The standard InChI is InChI=1S/C11H19BN6O3/c1-2-7-14-10(19)8-18-11(15-16-17-18)9(13)5-3-4-6-12(20)21/h1,9,20-21H,3-8,13H2,(H,14,19)/t9-/m0/s1. The number of nitrogens with one attached hydrogen (secondary N) is 1. The van der Waals surface area contributed by atoms with Gasteiger partial charge in [-0.15, -0.1) is 11.5 Å². The van der Waals surface area contributed by atoms with Crippen LogP contribution in [0.3, 0.4) is 0 Å². The van der Waals surface area contributed by atoms with E-state index < -0.39 is 13.2 Å². The van der Waals surface area contributed by atoms with Gasteiger partial charge in [-0.3, -0.25) is 4.79 Å². The van der Waals surface area contributed by atoms with E-state index >= 15 is 0 Å². The van der Waals surface area contributed by atoms with Crippen molar-refractivity contribution in [1.29, 1.82) is 0 Å². The Kier molecular flexibility index (Phi) is 7.38. The molecule has 0 aliphatic heterocycles. The van der Waals surface area contributed by atoms with E-state index in [1.54, 1.807) is 0 Å².